The van der Waals surface area contributed by atoms with Crippen LogP contribution < -0.4 is 4.74 Å². The highest BCUT2D eigenvalue weighted by Crippen LogP contribution is 2.39. The molecular weight excluding hydrogens is 322 g/mol. The number of nitrogens with zero attached hydrogens (tertiary/aromatic N) is 3. The van der Waals surface area contributed by atoms with Gasteiger partial charge < -0.3 is 14.0 Å². The summed E-state index contributed by atoms with van der Waals surface area (Å²) in [5.41, 5.74) is 0. The molecule has 2 aromatic rings. The monoisotopic (exact) mass is 339 g/mol. The summed E-state index contributed by atoms with van der Waals surface area (Å²) < 4.78 is 13.1. The van der Waals surface area contributed by atoms with Crippen molar-refractivity contribution in [2.45, 2.75) is 30.6 Å². The molecule has 0 unspecified atom stereocenters. The molecule has 1 heterocycles. The van der Waals surface area contributed by atoms with Crippen LogP contribution in [0, 0.1) is 0 Å². The van der Waals surface area contributed by atoms with Crippen LogP contribution in [0.15, 0.2) is 29.4 Å². The van der Waals surface area contributed by atoms with Crippen LogP contribution in [0.4, 0.5) is 0 Å². The van der Waals surface area contributed by atoms with E-state index in [9.17, 15) is 0 Å². The highest BCUT2D eigenvalue weighted by Gasteiger charge is 2.29. The first-order valence-corrected chi connectivity index (χ1v) is 8.59. The number of hydrogen-bond acceptors (Lipinski definition) is 5. The van der Waals surface area contributed by atoms with Gasteiger partial charge in [0.2, 0.25) is 0 Å². The number of thioether (sulfide) groups is 1. The molecule has 0 spiro atoms. The van der Waals surface area contributed by atoms with Gasteiger partial charge in [0.15, 0.2) is 11.0 Å². The Labute approximate surface area is 139 Å². The van der Waals surface area contributed by atoms with E-state index in [1.165, 1.54) is 12.8 Å². The van der Waals surface area contributed by atoms with Crippen molar-refractivity contribution in [3.8, 4) is 5.75 Å². The van der Waals surface area contributed by atoms with Gasteiger partial charge in [-0.25, -0.2) is 0 Å². The summed E-state index contributed by atoms with van der Waals surface area (Å²) >= 11 is 7.78. The van der Waals surface area contributed by atoms with Crippen molar-refractivity contribution in [3.63, 3.8) is 0 Å². The summed E-state index contributed by atoms with van der Waals surface area (Å²) in [5, 5.41) is 10.1. The van der Waals surface area contributed by atoms with E-state index < -0.39 is 0 Å². The maximum absolute atomic E-state index is 6.11. The second-order valence-corrected chi connectivity index (χ2v) is 6.53. The Kier molecular flexibility index (Phi) is 5.23. The highest BCUT2D eigenvalue weighted by atomic mass is 35.5. The van der Waals surface area contributed by atoms with E-state index in [2.05, 4.69) is 14.8 Å². The molecule has 0 atom stereocenters. The van der Waals surface area contributed by atoms with Crippen LogP contribution in [-0.2, 0) is 11.3 Å². The number of ether oxygens (including phenoxy) is 2. The molecule has 3 rings (SSSR count). The van der Waals surface area contributed by atoms with E-state index in [4.69, 9.17) is 21.1 Å². The maximum Gasteiger partial charge on any atom is 0.191 e. The van der Waals surface area contributed by atoms with Crippen LogP contribution in [0.25, 0.3) is 0 Å². The molecule has 22 heavy (non-hydrogen) atoms. The van der Waals surface area contributed by atoms with Crippen LogP contribution >= 0.6 is 23.4 Å². The zero-order valence-corrected chi connectivity index (χ0v) is 13.9. The fourth-order valence-corrected chi connectivity index (χ4v) is 3.24. The molecule has 118 valence electrons. The minimum atomic E-state index is 0.373. The lowest BCUT2D eigenvalue weighted by atomic mass is 10.3. The first-order chi connectivity index (χ1) is 10.8. The Hall–Kier alpha value is -1.24. The van der Waals surface area contributed by atoms with Gasteiger partial charge in [-0.3, -0.25) is 0 Å². The molecule has 1 fully saturated rings. The average molecular weight is 340 g/mol. The van der Waals surface area contributed by atoms with Crippen LogP contribution in [0.2, 0.25) is 5.02 Å². The summed E-state index contributed by atoms with van der Waals surface area (Å²) in [6.07, 6.45) is 2.35. The van der Waals surface area contributed by atoms with E-state index in [1.54, 1.807) is 18.9 Å². The number of methoxy groups -OCH3 is 1. The molecule has 0 saturated heterocycles. The van der Waals surface area contributed by atoms with Gasteiger partial charge in [-0.2, -0.15) is 0 Å². The van der Waals surface area contributed by atoms with Crippen molar-refractivity contribution in [1.82, 2.24) is 14.8 Å². The van der Waals surface area contributed by atoms with E-state index in [0.717, 1.165) is 16.7 Å². The molecule has 0 aliphatic heterocycles. The van der Waals surface area contributed by atoms with E-state index in [0.29, 0.717) is 30.0 Å². The Morgan fingerprint density at radius 2 is 2.14 bits per heavy atom. The zero-order chi connectivity index (χ0) is 15.4. The van der Waals surface area contributed by atoms with Crippen molar-refractivity contribution >= 4 is 23.4 Å². The van der Waals surface area contributed by atoms with Crippen molar-refractivity contribution < 1.29 is 9.47 Å². The number of halogens is 1. The fourth-order valence-electron chi connectivity index (χ4n) is 2.12. The molecular formula is C15H18ClN3O2S. The van der Waals surface area contributed by atoms with Gasteiger partial charge in [0, 0.05) is 18.9 Å². The Balaban J connectivity index is 1.69. The number of aromatic nitrogens is 3. The van der Waals surface area contributed by atoms with E-state index in [1.807, 2.05) is 24.3 Å². The van der Waals surface area contributed by atoms with Gasteiger partial charge in [0.05, 0.1) is 11.6 Å². The van der Waals surface area contributed by atoms with E-state index >= 15 is 0 Å². The molecule has 0 amide bonds. The molecule has 0 N–H and O–H groups in total. The Morgan fingerprint density at radius 1 is 1.32 bits per heavy atom. The molecule has 1 aromatic heterocycles. The first kappa shape index (κ1) is 15.6. The molecule has 5 nitrogen and oxygen atoms in total. The minimum Gasteiger partial charge on any atom is -0.484 e. The summed E-state index contributed by atoms with van der Waals surface area (Å²) in [6, 6.07) is 7.96. The summed E-state index contributed by atoms with van der Waals surface area (Å²) in [4.78, 5) is 0. The lowest BCUT2D eigenvalue weighted by Crippen LogP contribution is -2.07. The standard InChI is InChI=1S/C15H18ClN3O2S/c1-20-8-9-22-15-18-17-14(19(15)11-6-7-11)10-21-13-5-3-2-4-12(13)16/h2-5,11H,6-10H2,1H3. The van der Waals surface area contributed by atoms with Crippen LogP contribution in [0.1, 0.15) is 24.7 Å². The van der Waals surface area contributed by atoms with Crippen molar-refractivity contribution in [2.24, 2.45) is 0 Å². The molecule has 1 aromatic carbocycles. The fraction of sp³-hybridized carbons (Fsp3) is 0.467. The van der Waals surface area contributed by atoms with E-state index in [-0.39, 0.29) is 0 Å². The first-order valence-electron chi connectivity index (χ1n) is 7.22. The van der Waals surface area contributed by atoms with Crippen LogP contribution in [-0.4, -0.2) is 34.2 Å². The van der Waals surface area contributed by atoms with Crippen molar-refractivity contribution in [2.75, 3.05) is 19.5 Å². The molecule has 1 aliphatic carbocycles. The topological polar surface area (TPSA) is 49.2 Å². The second-order valence-electron chi connectivity index (χ2n) is 5.06. The van der Waals surface area contributed by atoms with Gasteiger partial charge in [-0.15, -0.1) is 10.2 Å². The summed E-state index contributed by atoms with van der Waals surface area (Å²) in [6.45, 7) is 1.08. The van der Waals surface area contributed by atoms with Gasteiger partial charge in [-0.1, -0.05) is 35.5 Å². The quantitative estimate of drug-likeness (QED) is 0.543. The number of hydrogen-bond donors (Lipinski definition) is 0. The maximum atomic E-state index is 6.11. The largest absolute Gasteiger partial charge is 0.484 e. The van der Waals surface area contributed by atoms with Crippen molar-refractivity contribution in [3.05, 3.63) is 35.1 Å². The van der Waals surface area contributed by atoms with Crippen molar-refractivity contribution in [1.29, 1.82) is 0 Å². The highest BCUT2D eigenvalue weighted by molar-refractivity contribution is 7.99. The third-order valence-electron chi connectivity index (χ3n) is 3.36. The molecule has 0 radical (unpaired) electrons. The van der Waals surface area contributed by atoms with Gasteiger partial charge in [0.1, 0.15) is 12.4 Å². The third-order valence-corrected chi connectivity index (χ3v) is 4.58. The number of rotatable bonds is 8. The normalized spacial score (nSPS) is 14.3. The molecule has 0 bridgehead atoms. The second kappa shape index (κ2) is 7.35. The lowest BCUT2D eigenvalue weighted by Gasteiger charge is -2.10. The SMILES string of the molecule is COCCSc1nnc(COc2ccccc2Cl)n1C1CC1. The molecule has 1 saturated carbocycles. The van der Waals surface area contributed by atoms with Crippen LogP contribution in [0.5, 0.6) is 5.75 Å². The lowest BCUT2D eigenvalue weighted by molar-refractivity contribution is 0.218. The predicted octanol–water partition coefficient (Wildman–Crippen LogP) is 3.58. The summed E-state index contributed by atoms with van der Waals surface area (Å²) in [7, 11) is 1.70. The molecule has 7 heteroatoms. The minimum absolute atomic E-state index is 0.373. The van der Waals surface area contributed by atoms with Crippen LogP contribution in [0.3, 0.4) is 0 Å². The number of para-hydroxylation sites is 1. The van der Waals surface area contributed by atoms with Gasteiger partial charge in [-0.05, 0) is 25.0 Å². The van der Waals surface area contributed by atoms with Gasteiger partial charge >= 0.3 is 0 Å². The third kappa shape index (κ3) is 3.74. The Bertz CT molecular complexity index is 631. The zero-order valence-electron chi connectivity index (χ0n) is 12.4. The Morgan fingerprint density at radius 3 is 2.86 bits per heavy atom. The summed E-state index contributed by atoms with van der Waals surface area (Å²) in [5.74, 6) is 2.39. The average Bonchev–Trinajstić information content (AvgIpc) is 3.28. The van der Waals surface area contributed by atoms with Gasteiger partial charge in [0.25, 0.3) is 0 Å². The predicted molar refractivity (Wildman–Crippen MR) is 86.7 cm³/mol. The number of benzene rings is 1. The smallest absolute Gasteiger partial charge is 0.191 e. The molecule has 1 aliphatic rings.